The standard InChI is InChI=1S/C21H18FN5O3S/c22-13-1-3-16-15(9-13)20(29)27(12-23-16)11-19(28)24-14-2-4-17-18(10-14)31-21(25-17)26-5-7-30-8-6-26/h1-4,9-10,12H,5-8,11H2,(H,24,28). The number of amides is 1. The van der Waals surface area contributed by atoms with E-state index in [2.05, 4.69) is 20.2 Å². The molecule has 0 atom stereocenters. The van der Waals surface area contributed by atoms with Crippen LogP contribution in [0.2, 0.25) is 0 Å². The zero-order chi connectivity index (χ0) is 21.4. The lowest BCUT2D eigenvalue weighted by molar-refractivity contribution is -0.116. The largest absolute Gasteiger partial charge is 0.378 e. The van der Waals surface area contributed by atoms with E-state index >= 15 is 0 Å². The molecular formula is C21H18FN5O3S. The van der Waals surface area contributed by atoms with Gasteiger partial charge in [-0.3, -0.25) is 14.2 Å². The van der Waals surface area contributed by atoms with E-state index in [-0.39, 0.29) is 17.8 Å². The van der Waals surface area contributed by atoms with Crippen LogP contribution in [0.15, 0.2) is 47.5 Å². The summed E-state index contributed by atoms with van der Waals surface area (Å²) < 4.78 is 21.0. The third-order valence-electron chi connectivity index (χ3n) is 5.04. The van der Waals surface area contributed by atoms with Gasteiger partial charge in [0.05, 0.1) is 40.7 Å². The molecular weight excluding hydrogens is 421 g/mol. The number of rotatable bonds is 4. The Morgan fingerprint density at radius 2 is 1.97 bits per heavy atom. The van der Waals surface area contributed by atoms with Crippen LogP contribution in [0.3, 0.4) is 0 Å². The van der Waals surface area contributed by atoms with Crippen molar-refractivity contribution in [3.05, 3.63) is 58.9 Å². The predicted molar refractivity (Wildman–Crippen MR) is 117 cm³/mol. The molecule has 10 heteroatoms. The van der Waals surface area contributed by atoms with Gasteiger partial charge in [0.2, 0.25) is 5.91 Å². The van der Waals surface area contributed by atoms with E-state index < -0.39 is 11.4 Å². The van der Waals surface area contributed by atoms with Gasteiger partial charge in [-0.25, -0.2) is 14.4 Å². The fraction of sp³-hybridized carbons (Fsp3) is 0.238. The van der Waals surface area contributed by atoms with Gasteiger partial charge in [0, 0.05) is 18.8 Å². The summed E-state index contributed by atoms with van der Waals surface area (Å²) in [6.45, 7) is 2.77. The van der Waals surface area contributed by atoms with E-state index in [4.69, 9.17) is 4.74 Å². The summed E-state index contributed by atoms with van der Waals surface area (Å²) in [5, 5.41) is 3.87. The van der Waals surface area contributed by atoms with Crippen molar-refractivity contribution < 1.29 is 13.9 Å². The minimum absolute atomic E-state index is 0.136. The van der Waals surface area contributed by atoms with Crippen LogP contribution in [0, 0.1) is 5.82 Å². The van der Waals surface area contributed by atoms with E-state index in [1.807, 2.05) is 12.1 Å². The summed E-state index contributed by atoms with van der Waals surface area (Å²) in [7, 11) is 0. The Morgan fingerprint density at radius 3 is 2.81 bits per heavy atom. The number of halogens is 1. The summed E-state index contributed by atoms with van der Waals surface area (Å²) >= 11 is 1.56. The highest BCUT2D eigenvalue weighted by atomic mass is 32.1. The third kappa shape index (κ3) is 3.99. The number of ether oxygens (including phenoxy) is 1. The highest BCUT2D eigenvalue weighted by molar-refractivity contribution is 7.22. The highest BCUT2D eigenvalue weighted by Gasteiger charge is 2.16. The molecule has 2 aromatic heterocycles. The second-order valence-corrected chi connectivity index (χ2v) is 8.17. The molecule has 31 heavy (non-hydrogen) atoms. The molecule has 0 spiro atoms. The number of hydrogen-bond donors (Lipinski definition) is 1. The third-order valence-corrected chi connectivity index (χ3v) is 6.12. The molecule has 1 saturated heterocycles. The molecule has 1 amide bonds. The molecule has 0 unspecified atom stereocenters. The Kier molecular flexibility index (Phi) is 5.08. The summed E-state index contributed by atoms with van der Waals surface area (Å²) in [4.78, 5) is 36.1. The number of carbonyl (C=O) groups excluding carboxylic acids is 1. The maximum Gasteiger partial charge on any atom is 0.261 e. The minimum Gasteiger partial charge on any atom is -0.378 e. The molecule has 5 rings (SSSR count). The van der Waals surface area contributed by atoms with Crippen molar-refractivity contribution >= 4 is 49.2 Å². The summed E-state index contributed by atoms with van der Waals surface area (Å²) in [5.74, 6) is -0.903. The highest BCUT2D eigenvalue weighted by Crippen LogP contribution is 2.31. The maximum atomic E-state index is 13.5. The average molecular weight is 439 g/mol. The van der Waals surface area contributed by atoms with Gasteiger partial charge in [-0.1, -0.05) is 11.3 Å². The van der Waals surface area contributed by atoms with E-state index in [0.717, 1.165) is 34.5 Å². The van der Waals surface area contributed by atoms with E-state index in [0.29, 0.717) is 24.4 Å². The van der Waals surface area contributed by atoms with Gasteiger partial charge in [0.25, 0.3) is 5.56 Å². The number of fused-ring (bicyclic) bond motifs is 2. The first-order valence-corrected chi connectivity index (χ1v) is 10.6. The Hall–Kier alpha value is -3.37. The first-order chi connectivity index (χ1) is 15.1. The summed E-state index contributed by atoms with van der Waals surface area (Å²) in [6.07, 6.45) is 1.29. The topological polar surface area (TPSA) is 89.3 Å². The monoisotopic (exact) mass is 439 g/mol. The summed E-state index contributed by atoms with van der Waals surface area (Å²) in [6, 6.07) is 9.31. The second kappa shape index (κ2) is 8.05. The van der Waals surface area contributed by atoms with Crippen molar-refractivity contribution in [1.29, 1.82) is 0 Å². The van der Waals surface area contributed by atoms with Crippen LogP contribution < -0.4 is 15.8 Å². The molecule has 1 aliphatic rings. The fourth-order valence-corrected chi connectivity index (χ4v) is 4.54. The smallest absolute Gasteiger partial charge is 0.261 e. The zero-order valence-corrected chi connectivity index (χ0v) is 17.2. The van der Waals surface area contributed by atoms with Gasteiger partial charge in [0.15, 0.2) is 5.13 Å². The molecule has 158 valence electrons. The molecule has 0 saturated carbocycles. The van der Waals surface area contributed by atoms with Crippen LogP contribution in [0.5, 0.6) is 0 Å². The number of nitrogens with zero attached hydrogens (tertiary/aromatic N) is 4. The van der Waals surface area contributed by atoms with Crippen LogP contribution in [0.4, 0.5) is 15.2 Å². The molecule has 1 aliphatic heterocycles. The number of benzene rings is 2. The predicted octanol–water partition coefficient (Wildman–Crippen LogP) is 2.62. The molecule has 0 aliphatic carbocycles. The van der Waals surface area contributed by atoms with Crippen LogP contribution in [0.1, 0.15) is 0 Å². The number of nitrogens with one attached hydrogen (secondary N) is 1. The van der Waals surface area contributed by atoms with Gasteiger partial charge in [0.1, 0.15) is 12.4 Å². The van der Waals surface area contributed by atoms with Crippen molar-refractivity contribution in [1.82, 2.24) is 14.5 Å². The lowest BCUT2D eigenvalue weighted by Gasteiger charge is -2.25. The summed E-state index contributed by atoms with van der Waals surface area (Å²) in [5.41, 5.74) is 1.39. The molecule has 1 fully saturated rings. The maximum absolute atomic E-state index is 13.5. The molecule has 3 heterocycles. The lowest BCUT2D eigenvalue weighted by Crippen LogP contribution is -2.36. The SMILES string of the molecule is O=C(Cn1cnc2ccc(F)cc2c1=O)Nc1ccc2nc(N3CCOCC3)sc2c1. The Labute approximate surface area is 179 Å². The molecule has 0 radical (unpaired) electrons. The van der Waals surface area contributed by atoms with Crippen molar-refractivity contribution in [2.45, 2.75) is 6.54 Å². The second-order valence-electron chi connectivity index (χ2n) is 7.17. The van der Waals surface area contributed by atoms with Crippen molar-refractivity contribution in [3.8, 4) is 0 Å². The van der Waals surface area contributed by atoms with E-state index in [1.54, 1.807) is 17.4 Å². The lowest BCUT2D eigenvalue weighted by atomic mass is 10.2. The van der Waals surface area contributed by atoms with Crippen LogP contribution >= 0.6 is 11.3 Å². The van der Waals surface area contributed by atoms with Crippen LogP contribution in [-0.4, -0.2) is 46.7 Å². The van der Waals surface area contributed by atoms with E-state index in [9.17, 15) is 14.0 Å². The number of morpholine rings is 1. The first-order valence-electron chi connectivity index (χ1n) is 9.75. The Morgan fingerprint density at radius 1 is 1.16 bits per heavy atom. The number of carbonyl (C=O) groups is 1. The quantitative estimate of drug-likeness (QED) is 0.526. The van der Waals surface area contributed by atoms with Gasteiger partial charge in [-0.05, 0) is 36.4 Å². The average Bonchev–Trinajstić information content (AvgIpc) is 3.20. The van der Waals surface area contributed by atoms with Crippen molar-refractivity contribution in [3.63, 3.8) is 0 Å². The van der Waals surface area contributed by atoms with E-state index in [1.165, 1.54) is 23.0 Å². The Bertz CT molecular complexity index is 1350. The molecule has 8 nitrogen and oxygen atoms in total. The van der Waals surface area contributed by atoms with Gasteiger partial charge in [-0.2, -0.15) is 0 Å². The van der Waals surface area contributed by atoms with Crippen LogP contribution in [-0.2, 0) is 16.1 Å². The molecule has 0 bridgehead atoms. The van der Waals surface area contributed by atoms with Gasteiger partial charge >= 0.3 is 0 Å². The number of hydrogen-bond acceptors (Lipinski definition) is 7. The number of anilines is 2. The molecule has 4 aromatic rings. The first kappa shape index (κ1) is 19.6. The fourth-order valence-electron chi connectivity index (χ4n) is 3.48. The molecule has 1 N–H and O–H groups in total. The molecule has 2 aromatic carbocycles. The van der Waals surface area contributed by atoms with Crippen molar-refractivity contribution in [2.75, 3.05) is 36.5 Å². The van der Waals surface area contributed by atoms with Gasteiger partial charge in [-0.15, -0.1) is 0 Å². The zero-order valence-electron chi connectivity index (χ0n) is 16.4. The number of thiazole rings is 1. The van der Waals surface area contributed by atoms with Crippen LogP contribution in [0.25, 0.3) is 21.1 Å². The Balaban J connectivity index is 1.33. The van der Waals surface area contributed by atoms with Crippen molar-refractivity contribution in [2.24, 2.45) is 0 Å². The normalized spacial score (nSPS) is 14.3. The minimum atomic E-state index is -0.525. The van der Waals surface area contributed by atoms with Gasteiger partial charge < -0.3 is 15.0 Å². The number of aromatic nitrogens is 3.